The van der Waals surface area contributed by atoms with Crippen molar-refractivity contribution in [2.75, 3.05) is 6.61 Å². The summed E-state index contributed by atoms with van der Waals surface area (Å²) in [6.45, 7) is -0.235. The lowest BCUT2D eigenvalue weighted by Gasteiger charge is -2.17. The van der Waals surface area contributed by atoms with E-state index in [-0.39, 0.29) is 18.2 Å². The molecule has 0 bridgehead atoms. The summed E-state index contributed by atoms with van der Waals surface area (Å²) >= 11 is 0. The van der Waals surface area contributed by atoms with E-state index < -0.39 is 11.0 Å². The van der Waals surface area contributed by atoms with E-state index in [1.165, 1.54) is 24.3 Å². The smallest absolute Gasteiger partial charge is 0.269 e. The molecule has 0 aliphatic rings. The van der Waals surface area contributed by atoms with E-state index >= 15 is 0 Å². The molecule has 1 N–H and O–H groups in total. The molecule has 4 rings (SSSR count). The van der Waals surface area contributed by atoms with Crippen molar-refractivity contribution < 1.29 is 18.9 Å². The standard InChI is InChI=1S/C23H18N2O5/c26-22(15-29-19-12-10-18(11-13-19)25(27)28)24-23(16-6-2-1-3-7-16)21-14-17-8-4-5-9-20(17)30-21/h1-14,23H,15H2,(H,24,26). The number of para-hydroxylation sites is 1. The number of carbonyl (C=O) groups is 1. The molecule has 4 aromatic rings. The molecule has 0 aliphatic heterocycles. The highest BCUT2D eigenvalue weighted by Crippen LogP contribution is 2.28. The van der Waals surface area contributed by atoms with E-state index in [0.717, 1.165) is 16.5 Å². The topological polar surface area (TPSA) is 94.6 Å². The predicted molar refractivity (Wildman–Crippen MR) is 111 cm³/mol. The molecule has 1 atom stereocenters. The maximum Gasteiger partial charge on any atom is 0.269 e. The van der Waals surface area contributed by atoms with E-state index in [9.17, 15) is 14.9 Å². The van der Waals surface area contributed by atoms with Crippen LogP contribution in [0.2, 0.25) is 0 Å². The number of hydrogen-bond donors (Lipinski definition) is 1. The van der Waals surface area contributed by atoms with Crippen LogP contribution in [0.3, 0.4) is 0 Å². The summed E-state index contributed by atoms with van der Waals surface area (Å²) in [6.07, 6.45) is 0. The summed E-state index contributed by atoms with van der Waals surface area (Å²) in [7, 11) is 0. The second-order valence-corrected chi connectivity index (χ2v) is 6.64. The summed E-state index contributed by atoms with van der Waals surface area (Å²) in [5.74, 6) is 0.643. The fourth-order valence-corrected chi connectivity index (χ4v) is 3.12. The average molecular weight is 402 g/mol. The molecule has 150 valence electrons. The number of nitrogens with zero attached hydrogens (tertiary/aromatic N) is 1. The maximum absolute atomic E-state index is 12.6. The van der Waals surface area contributed by atoms with Crippen LogP contribution in [0.15, 0.2) is 89.3 Å². The van der Waals surface area contributed by atoms with Gasteiger partial charge in [-0.1, -0.05) is 48.5 Å². The highest BCUT2D eigenvalue weighted by Gasteiger charge is 2.21. The minimum absolute atomic E-state index is 0.0409. The summed E-state index contributed by atoms with van der Waals surface area (Å²) in [6, 6.07) is 24.2. The third-order valence-electron chi connectivity index (χ3n) is 4.58. The SMILES string of the molecule is O=C(COc1ccc([N+](=O)[O-])cc1)NC(c1ccccc1)c1cc2ccccc2o1. The monoisotopic (exact) mass is 402 g/mol. The second-order valence-electron chi connectivity index (χ2n) is 6.64. The number of benzene rings is 3. The molecule has 7 nitrogen and oxygen atoms in total. The zero-order valence-corrected chi connectivity index (χ0v) is 15.9. The van der Waals surface area contributed by atoms with Gasteiger partial charge in [0.05, 0.1) is 4.92 Å². The molecular formula is C23H18N2O5. The number of hydrogen-bond acceptors (Lipinski definition) is 5. The quantitative estimate of drug-likeness (QED) is 0.359. The first-order chi connectivity index (χ1) is 14.6. The van der Waals surface area contributed by atoms with E-state index in [2.05, 4.69) is 5.32 Å². The molecule has 0 saturated heterocycles. The lowest BCUT2D eigenvalue weighted by Crippen LogP contribution is -2.33. The van der Waals surface area contributed by atoms with E-state index in [4.69, 9.17) is 9.15 Å². The Kier molecular flexibility index (Phi) is 5.43. The van der Waals surface area contributed by atoms with Crippen LogP contribution in [0.1, 0.15) is 17.4 Å². The van der Waals surface area contributed by atoms with Crippen molar-refractivity contribution >= 4 is 22.6 Å². The number of fused-ring (bicyclic) bond motifs is 1. The first kappa shape index (κ1) is 19.2. The third kappa shape index (κ3) is 4.30. The summed E-state index contributed by atoms with van der Waals surface area (Å²) < 4.78 is 11.4. The number of nitro benzene ring substituents is 1. The van der Waals surface area contributed by atoms with E-state index in [0.29, 0.717) is 11.5 Å². The van der Waals surface area contributed by atoms with Gasteiger partial charge in [0.15, 0.2) is 6.61 Å². The molecule has 0 saturated carbocycles. The van der Waals surface area contributed by atoms with Crippen LogP contribution in [0.5, 0.6) is 5.75 Å². The Morgan fingerprint density at radius 3 is 2.40 bits per heavy atom. The Balaban J connectivity index is 1.50. The normalized spacial score (nSPS) is 11.7. The number of carbonyl (C=O) groups excluding carboxylic acids is 1. The fraction of sp³-hybridized carbons (Fsp3) is 0.0870. The Hall–Kier alpha value is -4.13. The first-order valence-corrected chi connectivity index (χ1v) is 9.30. The molecule has 1 unspecified atom stereocenters. The second kappa shape index (κ2) is 8.48. The van der Waals surface area contributed by atoms with Crippen molar-refractivity contribution in [3.05, 3.63) is 106 Å². The van der Waals surface area contributed by atoms with Gasteiger partial charge in [0.25, 0.3) is 11.6 Å². The zero-order chi connectivity index (χ0) is 20.9. The van der Waals surface area contributed by atoms with Gasteiger partial charge in [-0.15, -0.1) is 0 Å². The number of rotatable bonds is 7. The fourth-order valence-electron chi connectivity index (χ4n) is 3.12. The highest BCUT2D eigenvalue weighted by atomic mass is 16.6. The number of non-ortho nitro benzene ring substituents is 1. The van der Waals surface area contributed by atoms with Gasteiger partial charge in [-0.2, -0.15) is 0 Å². The van der Waals surface area contributed by atoms with Gasteiger partial charge in [0.1, 0.15) is 23.1 Å². The largest absolute Gasteiger partial charge is 0.484 e. The minimum Gasteiger partial charge on any atom is -0.484 e. The van der Waals surface area contributed by atoms with Crippen molar-refractivity contribution in [1.29, 1.82) is 0 Å². The van der Waals surface area contributed by atoms with E-state index in [1.807, 2.05) is 60.7 Å². The van der Waals surface area contributed by atoms with Gasteiger partial charge in [0, 0.05) is 17.5 Å². The van der Waals surface area contributed by atoms with Gasteiger partial charge in [0.2, 0.25) is 0 Å². The lowest BCUT2D eigenvalue weighted by molar-refractivity contribution is -0.384. The molecule has 3 aromatic carbocycles. The van der Waals surface area contributed by atoms with Crippen molar-refractivity contribution in [3.8, 4) is 5.75 Å². The lowest BCUT2D eigenvalue weighted by atomic mass is 10.0. The molecule has 0 spiro atoms. The third-order valence-corrected chi connectivity index (χ3v) is 4.58. The van der Waals surface area contributed by atoms with Gasteiger partial charge < -0.3 is 14.5 Å². The Labute approximate surface area is 172 Å². The van der Waals surface area contributed by atoms with Crippen molar-refractivity contribution in [2.45, 2.75) is 6.04 Å². The maximum atomic E-state index is 12.6. The van der Waals surface area contributed by atoms with Crippen molar-refractivity contribution in [2.24, 2.45) is 0 Å². The molecule has 7 heteroatoms. The van der Waals surface area contributed by atoms with Gasteiger partial charge in [-0.25, -0.2) is 0 Å². The number of furan rings is 1. The minimum atomic E-state index is -0.492. The van der Waals surface area contributed by atoms with Crippen LogP contribution in [0.4, 0.5) is 5.69 Å². The average Bonchev–Trinajstić information content (AvgIpc) is 3.21. The van der Waals surface area contributed by atoms with Crippen LogP contribution in [0.25, 0.3) is 11.0 Å². The first-order valence-electron chi connectivity index (χ1n) is 9.30. The molecular weight excluding hydrogens is 384 g/mol. The molecule has 1 heterocycles. The number of amides is 1. The summed E-state index contributed by atoms with van der Waals surface area (Å²) in [5, 5.41) is 14.6. The number of nitro groups is 1. The number of ether oxygens (including phenoxy) is 1. The van der Waals surface area contributed by atoms with Gasteiger partial charge in [-0.3, -0.25) is 14.9 Å². The van der Waals surface area contributed by atoms with Crippen molar-refractivity contribution in [3.63, 3.8) is 0 Å². The summed E-state index contributed by atoms with van der Waals surface area (Å²) in [4.78, 5) is 22.8. The molecule has 0 radical (unpaired) electrons. The molecule has 1 aromatic heterocycles. The van der Waals surface area contributed by atoms with Gasteiger partial charge in [-0.05, 0) is 29.8 Å². The van der Waals surface area contributed by atoms with Crippen LogP contribution < -0.4 is 10.1 Å². The predicted octanol–water partition coefficient (Wildman–Crippen LogP) is 4.63. The summed E-state index contributed by atoms with van der Waals surface area (Å²) in [5.41, 5.74) is 1.57. The van der Waals surface area contributed by atoms with Crippen LogP contribution in [-0.4, -0.2) is 17.4 Å². The highest BCUT2D eigenvalue weighted by molar-refractivity contribution is 5.80. The van der Waals surface area contributed by atoms with Crippen LogP contribution >= 0.6 is 0 Å². The van der Waals surface area contributed by atoms with Crippen LogP contribution in [-0.2, 0) is 4.79 Å². The Morgan fingerprint density at radius 2 is 1.70 bits per heavy atom. The molecule has 1 amide bonds. The Morgan fingerprint density at radius 1 is 1.00 bits per heavy atom. The van der Waals surface area contributed by atoms with E-state index in [1.54, 1.807) is 0 Å². The molecule has 30 heavy (non-hydrogen) atoms. The number of nitrogens with one attached hydrogen (secondary N) is 1. The molecule has 0 aliphatic carbocycles. The van der Waals surface area contributed by atoms with Gasteiger partial charge >= 0.3 is 0 Å². The van der Waals surface area contributed by atoms with Crippen molar-refractivity contribution in [1.82, 2.24) is 5.32 Å². The molecule has 0 fully saturated rings. The zero-order valence-electron chi connectivity index (χ0n) is 15.9. The van der Waals surface area contributed by atoms with Crippen LogP contribution in [0, 0.1) is 10.1 Å². The Bertz CT molecular complexity index is 1140.